The zero-order valence-corrected chi connectivity index (χ0v) is 18.5. The Bertz CT molecular complexity index is 957. The minimum atomic E-state index is -3.67. The summed E-state index contributed by atoms with van der Waals surface area (Å²) in [7, 11) is -3.67. The maximum absolute atomic E-state index is 13.0. The van der Waals surface area contributed by atoms with Crippen LogP contribution in [-0.4, -0.2) is 33.2 Å². The van der Waals surface area contributed by atoms with Gasteiger partial charge in [-0.15, -0.1) is 0 Å². The molecule has 0 heterocycles. The van der Waals surface area contributed by atoms with Gasteiger partial charge in [-0.3, -0.25) is 9.10 Å². The van der Waals surface area contributed by atoms with Crippen molar-refractivity contribution in [2.75, 3.05) is 17.2 Å². The van der Waals surface area contributed by atoms with Gasteiger partial charge in [0.05, 0.1) is 18.6 Å². The molecule has 1 atom stereocenters. The maximum Gasteiger partial charge on any atom is 0.244 e. The number of hydrogen-bond acceptors (Lipinski definition) is 4. The summed E-state index contributed by atoms with van der Waals surface area (Å²) in [4.78, 5) is 13.0. The third-order valence-corrected chi connectivity index (χ3v) is 5.82. The summed E-state index contributed by atoms with van der Waals surface area (Å²) in [6.45, 7) is 8.23. The molecule has 0 spiro atoms. The quantitative estimate of drug-likeness (QED) is 0.676. The maximum atomic E-state index is 13.0. The first kappa shape index (κ1) is 22.7. The Balaban J connectivity index is 2.31. The van der Waals surface area contributed by atoms with Gasteiger partial charge in [0.1, 0.15) is 11.8 Å². The Kier molecular flexibility index (Phi) is 7.67. The lowest BCUT2D eigenvalue weighted by Crippen LogP contribution is -2.49. The number of sulfonamides is 1. The number of ether oxygens (including phenoxy) is 1. The fourth-order valence-electron chi connectivity index (χ4n) is 3.24. The lowest BCUT2D eigenvalue weighted by atomic mass is 10.1. The summed E-state index contributed by atoms with van der Waals surface area (Å²) >= 11 is 0. The third-order valence-electron chi connectivity index (χ3n) is 4.66. The van der Waals surface area contributed by atoms with Crippen LogP contribution in [0.1, 0.15) is 37.0 Å². The van der Waals surface area contributed by atoms with E-state index in [9.17, 15) is 13.2 Å². The van der Waals surface area contributed by atoms with Crippen LogP contribution in [-0.2, 0) is 21.4 Å². The number of hydrogen-bond donors (Lipinski definition) is 1. The lowest BCUT2D eigenvalue weighted by Gasteiger charge is -2.31. The van der Waals surface area contributed by atoms with E-state index in [0.717, 1.165) is 22.9 Å². The van der Waals surface area contributed by atoms with Gasteiger partial charge in [0, 0.05) is 12.1 Å². The smallest absolute Gasteiger partial charge is 0.244 e. The van der Waals surface area contributed by atoms with Crippen molar-refractivity contribution >= 4 is 21.6 Å². The number of anilines is 1. The van der Waals surface area contributed by atoms with Gasteiger partial charge < -0.3 is 10.1 Å². The number of amides is 1. The van der Waals surface area contributed by atoms with E-state index in [2.05, 4.69) is 5.32 Å². The third kappa shape index (κ3) is 5.73. The Morgan fingerprint density at radius 1 is 1.14 bits per heavy atom. The molecular weight excluding hydrogens is 388 g/mol. The monoisotopic (exact) mass is 418 g/mol. The van der Waals surface area contributed by atoms with Crippen LogP contribution >= 0.6 is 0 Å². The molecule has 7 heteroatoms. The molecule has 2 rings (SSSR count). The molecule has 0 aliphatic carbocycles. The average molecular weight is 419 g/mol. The minimum absolute atomic E-state index is 0.260. The number of nitrogens with one attached hydrogen (secondary N) is 1. The van der Waals surface area contributed by atoms with E-state index in [1.165, 1.54) is 4.31 Å². The molecule has 0 fully saturated rings. The van der Waals surface area contributed by atoms with Gasteiger partial charge in [-0.2, -0.15) is 0 Å². The summed E-state index contributed by atoms with van der Waals surface area (Å²) in [6.07, 6.45) is 1.48. The van der Waals surface area contributed by atoms with Crippen molar-refractivity contribution in [3.8, 4) is 5.75 Å². The van der Waals surface area contributed by atoms with Crippen LogP contribution in [0.5, 0.6) is 5.75 Å². The lowest BCUT2D eigenvalue weighted by molar-refractivity contribution is -0.122. The summed E-state index contributed by atoms with van der Waals surface area (Å²) < 4.78 is 32.1. The molecular formula is C22H30N2O4S. The fourth-order valence-corrected chi connectivity index (χ4v) is 4.50. The largest absolute Gasteiger partial charge is 0.494 e. The van der Waals surface area contributed by atoms with E-state index in [4.69, 9.17) is 4.74 Å². The Labute approximate surface area is 173 Å². The number of carbonyl (C=O) groups excluding carboxylic acids is 1. The molecule has 0 aliphatic rings. The van der Waals surface area contributed by atoms with E-state index in [0.29, 0.717) is 24.5 Å². The van der Waals surface area contributed by atoms with Crippen molar-refractivity contribution in [3.63, 3.8) is 0 Å². The predicted molar refractivity (Wildman–Crippen MR) is 117 cm³/mol. The van der Waals surface area contributed by atoms with Crippen LogP contribution in [0.15, 0.2) is 42.5 Å². The second-order valence-corrected chi connectivity index (χ2v) is 8.89. The van der Waals surface area contributed by atoms with Crippen LogP contribution in [0.25, 0.3) is 0 Å². The normalized spacial score (nSPS) is 12.3. The second-order valence-electron chi connectivity index (χ2n) is 7.03. The number of aryl methyl sites for hydroxylation is 2. The molecule has 0 radical (unpaired) electrons. The molecule has 0 aromatic heterocycles. The van der Waals surface area contributed by atoms with Crippen molar-refractivity contribution in [2.24, 2.45) is 0 Å². The second kappa shape index (κ2) is 9.78. The highest BCUT2D eigenvalue weighted by molar-refractivity contribution is 7.92. The molecule has 29 heavy (non-hydrogen) atoms. The Morgan fingerprint density at radius 3 is 2.45 bits per heavy atom. The molecule has 1 unspecified atom stereocenters. The molecule has 1 N–H and O–H groups in total. The van der Waals surface area contributed by atoms with E-state index >= 15 is 0 Å². The molecule has 158 valence electrons. The van der Waals surface area contributed by atoms with Gasteiger partial charge in [0.2, 0.25) is 15.9 Å². The van der Waals surface area contributed by atoms with Crippen LogP contribution in [0.2, 0.25) is 0 Å². The molecule has 0 saturated heterocycles. The zero-order valence-electron chi connectivity index (χ0n) is 17.7. The highest BCUT2D eigenvalue weighted by Gasteiger charge is 2.32. The van der Waals surface area contributed by atoms with Crippen molar-refractivity contribution < 1.29 is 17.9 Å². The Hall–Kier alpha value is -2.54. The van der Waals surface area contributed by atoms with Gasteiger partial charge in [0.25, 0.3) is 0 Å². The van der Waals surface area contributed by atoms with Gasteiger partial charge in [-0.05, 0) is 50.5 Å². The molecule has 0 bridgehead atoms. The average Bonchev–Trinajstić information content (AvgIpc) is 2.66. The molecule has 6 nitrogen and oxygen atoms in total. The number of para-hydroxylation sites is 1. The highest BCUT2D eigenvalue weighted by atomic mass is 32.2. The Morgan fingerprint density at radius 2 is 1.83 bits per heavy atom. The SMILES string of the molecule is CCOc1ccccc1CNC(=O)C(CC)N(c1cc(C)ccc1C)S(C)(=O)=O. The highest BCUT2D eigenvalue weighted by Crippen LogP contribution is 2.27. The molecule has 2 aromatic rings. The van der Waals surface area contributed by atoms with Crippen molar-refractivity contribution in [2.45, 2.75) is 46.7 Å². The van der Waals surface area contributed by atoms with Crippen molar-refractivity contribution in [1.29, 1.82) is 0 Å². The molecule has 0 saturated carbocycles. The molecule has 1 amide bonds. The first-order valence-electron chi connectivity index (χ1n) is 9.74. The topological polar surface area (TPSA) is 75.7 Å². The van der Waals surface area contributed by atoms with Gasteiger partial charge >= 0.3 is 0 Å². The minimum Gasteiger partial charge on any atom is -0.494 e. The van der Waals surface area contributed by atoms with Crippen LogP contribution < -0.4 is 14.4 Å². The van der Waals surface area contributed by atoms with Crippen LogP contribution in [0.4, 0.5) is 5.69 Å². The standard InChI is InChI=1S/C22H30N2O4S/c1-6-19(22(25)23-15-18-10-8-9-11-21(18)28-7-2)24(29(5,26)27)20-14-16(3)12-13-17(20)4/h8-14,19H,6-7,15H2,1-5H3,(H,23,25). The van der Waals surface area contributed by atoms with E-state index < -0.39 is 16.1 Å². The number of carbonyl (C=O) groups is 1. The summed E-state index contributed by atoms with van der Waals surface area (Å²) in [6, 6.07) is 12.2. The van der Waals surface area contributed by atoms with Gasteiger partial charge in [0.15, 0.2) is 0 Å². The van der Waals surface area contributed by atoms with E-state index in [-0.39, 0.29) is 12.5 Å². The first-order chi connectivity index (χ1) is 13.7. The van der Waals surface area contributed by atoms with Crippen LogP contribution in [0, 0.1) is 13.8 Å². The van der Waals surface area contributed by atoms with E-state index in [1.807, 2.05) is 64.1 Å². The summed E-state index contributed by atoms with van der Waals surface area (Å²) in [5.41, 5.74) is 3.11. The van der Waals surface area contributed by atoms with Gasteiger partial charge in [-0.1, -0.05) is 37.3 Å². The fraction of sp³-hybridized carbons (Fsp3) is 0.409. The summed E-state index contributed by atoms with van der Waals surface area (Å²) in [5.74, 6) is 0.364. The number of nitrogens with zero attached hydrogens (tertiary/aromatic N) is 1. The summed E-state index contributed by atoms with van der Waals surface area (Å²) in [5, 5.41) is 2.88. The van der Waals surface area contributed by atoms with Crippen LogP contribution in [0.3, 0.4) is 0 Å². The van der Waals surface area contributed by atoms with E-state index in [1.54, 1.807) is 6.07 Å². The number of benzene rings is 2. The predicted octanol–water partition coefficient (Wildman–Crippen LogP) is 3.56. The zero-order chi connectivity index (χ0) is 21.6. The molecule has 2 aromatic carbocycles. The first-order valence-corrected chi connectivity index (χ1v) is 11.6. The number of rotatable bonds is 9. The van der Waals surface area contributed by atoms with Crippen molar-refractivity contribution in [1.82, 2.24) is 5.32 Å². The van der Waals surface area contributed by atoms with Gasteiger partial charge in [-0.25, -0.2) is 8.42 Å². The molecule has 0 aliphatic heterocycles. The van der Waals surface area contributed by atoms with Crippen molar-refractivity contribution in [3.05, 3.63) is 59.2 Å².